The second-order valence-corrected chi connectivity index (χ2v) is 6.24. The Hall–Kier alpha value is -0.910. The standard InChI is InChI=1S/C13H15BrN2OS/c1-7(15)13-16-12(8(2)18-13)10-6-9(14)4-5-11(10)17-3/h4-7H,15H2,1-3H3. The molecule has 0 aliphatic heterocycles. The van der Waals surface area contributed by atoms with Gasteiger partial charge in [0.05, 0.1) is 18.8 Å². The smallest absolute Gasteiger partial charge is 0.128 e. The van der Waals surface area contributed by atoms with Crippen molar-refractivity contribution in [3.63, 3.8) is 0 Å². The molecule has 1 aromatic heterocycles. The van der Waals surface area contributed by atoms with Crippen molar-refractivity contribution in [2.75, 3.05) is 7.11 Å². The van der Waals surface area contributed by atoms with Gasteiger partial charge in [0.1, 0.15) is 10.8 Å². The number of ether oxygens (including phenoxy) is 1. The fourth-order valence-electron chi connectivity index (χ4n) is 1.73. The van der Waals surface area contributed by atoms with E-state index in [1.807, 2.05) is 25.1 Å². The first-order chi connectivity index (χ1) is 8.52. The van der Waals surface area contributed by atoms with Gasteiger partial charge >= 0.3 is 0 Å². The molecule has 0 bridgehead atoms. The normalized spacial score (nSPS) is 12.5. The minimum absolute atomic E-state index is 0.0411. The molecule has 2 aromatic rings. The lowest BCUT2D eigenvalue weighted by molar-refractivity contribution is 0.416. The number of thiazole rings is 1. The third kappa shape index (κ3) is 2.58. The zero-order valence-electron chi connectivity index (χ0n) is 10.5. The first-order valence-corrected chi connectivity index (χ1v) is 7.20. The fourth-order valence-corrected chi connectivity index (χ4v) is 2.98. The number of aromatic nitrogens is 1. The third-order valence-electron chi connectivity index (χ3n) is 2.62. The molecule has 1 heterocycles. The molecule has 0 radical (unpaired) electrons. The van der Waals surface area contributed by atoms with Crippen LogP contribution < -0.4 is 10.5 Å². The maximum absolute atomic E-state index is 5.88. The SMILES string of the molecule is COc1ccc(Br)cc1-c1nc(C(C)N)sc1C. The summed E-state index contributed by atoms with van der Waals surface area (Å²) in [6.07, 6.45) is 0. The van der Waals surface area contributed by atoms with E-state index in [1.54, 1.807) is 18.4 Å². The first kappa shape index (κ1) is 13.5. The molecule has 2 rings (SSSR count). The summed E-state index contributed by atoms with van der Waals surface area (Å²) in [4.78, 5) is 5.77. The summed E-state index contributed by atoms with van der Waals surface area (Å²) in [6.45, 7) is 4.00. The molecule has 0 aliphatic rings. The molecule has 18 heavy (non-hydrogen) atoms. The van der Waals surface area contributed by atoms with E-state index in [4.69, 9.17) is 10.5 Å². The van der Waals surface area contributed by atoms with Gasteiger partial charge < -0.3 is 10.5 Å². The molecular weight excluding hydrogens is 312 g/mol. The van der Waals surface area contributed by atoms with Crippen molar-refractivity contribution < 1.29 is 4.74 Å². The number of aryl methyl sites for hydroxylation is 1. The Morgan fingerprint density at radius 1 is 1.44 bits per heavy atom. The van der Waals surface area contributed by atoms with Gasteiger partial charge in [-0.25, -0.2) is 4.98 Å². The largest absolute Gasteiger partial charge is 0.496 e. The van der Waals surface area contributed by atoms with Gasteiger partial charge in [0.15, 0.2) is 0 Å². The quantitative estimate of drug-likeness (QED) is 0.930. The van der Waals surface area contributed by atoms with Crippen LogP contribution in [-0.4, -0.2) is 12.1 Å². The van der Waals surface area contributed by atoms with Crippen LogP contribution in [0.2, 0.25) is 0 Å². The van der Waals surface area contributed by atoms with Crippen molar-refractivity contribution in [2.24, 2.45) is 5.73 Å². The van der Waals surface area contributed by atoms with Gasteiger partial charge in [0.2, 0.25) is 0 Å². The maximum Gasteiger partial charge on any atom is 0.128 e. The summed E-state index contributed by atoms with van der Waals surface area (Å²) >= 11 is 5.11. The van der Waals surface area contributed by atoms with Gasteiger partial charge in [0.25, 0.3) is 0 Å². The fraction of sp³-hybridized carbons (Fsp3) is 0.308. The molecule has 0 amide bonds. The topological polar surface area (TPSA) is 48.1 Å². The molecule has 0 saturated carbocycles. The van der Waals surface area contributed by atoms with Gasteiger partial charge in [-0.05, 0) is 32.0 Å². The van der Waals surface area contributed by atoms with E-state index in [2.05, 4.69) is 27.8 Å². The molecule has 3 nitrogen and oxygen atoms in total. The van der Waals surface area contributed by atoms with Crippen LogP contribution in [0.1, 0.15) is 22.9 Å². The molecule has 0 fully saturated rings. The van der Waals surface area contributed by atoms with E-state index in [0.29, 0.717) is 0 Å². The van der Waals surface area contributed by atoms with Gasteiger partial charge in [-0.15, -0.1) is 11.3 Å². The third-order valence-corrected chi connectivity index (χ3v) is 4.28. The van der Waals surface area contributed by atoms with Crippen LogP contribution in [0.4, 0.5) is 0 Å². The molecule has 5 heteroatoms. The summed E-state index contributed by atoms with van der Waals surface area (Å²) in [6, 6.07) is 5.87. The van der Waals surface area contributed by atoms with Gasteiger partial charge in [-0.3, -0.25) is 0 Å². The molecule has 96 valence electrons. The molecule has 0 saturated heterocycles. The molecule has 1 aromatic carbocycles. The lowest BCUT2D eigenvalue weighted by Crippen LogP contribution is -2.03. The Labute approximate surface area is 119 Å². The van der Waals surface area contributed by atoms with E-state index >= 15 is 0 Å². The monoisotopic (exact) mass is 326 g/mol. The van der Waals surface area contributed by atoms with E-state index in [1.165, 1.54) is 0 Å². The molecule has 1 unspecified atom stereocenters. The summed E-state index contributed by atoms with van der Waals surface area (Å²) in [5.41, 5.74) is 7.82. The Bertz CT molecular complexity index is 566. The highest BCUT2D eigenvalue weighted by molar-refractivity contribution is 9.10. The lowest BCUT2D eigenvalue weighted by atomic mass is 10.1. The van der Waals surface area contributed by atoms with Crippen molar-refractivity contribution in [1.29, 1.82) is 0 Å². The Morgan fingerprint density at radius 2 is 2.17 bits per heavy atom. The molecular formula is C13H15BrN2OS. The molecule has 0 aliphatic carbocycles. The van der Waals surface area contributed by atoms with E-state index in [-0.39, 0.29) is 6.04 Å². The van der Waals surface area contributed by atoms with Crippen molar-refractivity contribution in [3.8, 4) is 17.0 Å². The van der Waals surface area contributed by atoms with Crippen LogP contribution in [0.3, 0.4) is 0 Å². The Morgan fingerprint density at radius 3 is 2.72 bits per heavy atom. The van der Waals surface area contributed by atoms with Crippen molar-refractivity contribution in [3.05, 3.63) is 32.6 Å². The van der Waals surface area contributed by atoms with E-state index < -0.39 is 0 Å². The second-order valence-electron chi connectivity index (χ2n) is 4.09. The number of methoxy groups -OCH3 is 1. The second kappa shape index (κ2) is 5.38. The van der Waals surface area contributed by atoms with Crippen molar-refractivity contribution >= 4 is 27.3 Å². The van der Waals surface area contributed by atoms with Crippen LogP contribution in [0.15, 0.2) is 22.7 Å². The summed E-state index contributed by atoms with van der Waals surface area (Å²) in [7, 11) is 1.67. The van der Waals surface area contributed by atoms with Crippen LogP contribution >= 0.6 is 27.3 Å². The number of benzene rings is 1. The average Bonchev–Trinajstić information content (AvgIpc) is 2.71. The average molecular weight is 327 g/mol. The molecule has 1 atom stereocenters. The van der Waals surface area contributed by atoms with Gasteiger partial charge in [-0.1, -0.05) is 15.9 Å². The minimum Gasteiger partial charge on any atom is -0.496 e. The summed E-state index contributed by atoms with van der Waals surface area (Å²) in [5, 5.41) is 0.949. The van der Waals surface area contributed by atoms with Crippen molar-refractivity contribution in [2.45, 2.75) is 19.9 Å². The van der Waals surface area contributed by atoms with Crippen LogP contribution in [0.25, 0.3) is 11.3 Å². The number of halogens is 1. The van der Waals surface area contributed by atoms with E-state index in [9.17, 15) is 0 Å². The van der Waals surface area contributed by atoms with E-state index in [0.717, 1.165) is 31.4 Å². The first-order valence-electron chi connectivity index (χ1n) is 5.59. The number of hydrogen-bond acceptors (Lipinski definition) is 4. The summed E-state index contributed by atoms with van der Waals surface area (Å²) in [5.74, 6) is 0.822. The number of nitrogens with zero attached hydrogens (tertiary/aromatic N) is 1. The highest BCUT2D eigenvalue weighted by Crippen LogP contribution is 2.36. The number of hydrogen-bond donors (Lipinski definition) is 1. The highest BCUT2D eigenvalue weighted by atomic mass is 79.9. The minimum atomic E-state index is -0.0411. The van der Waals surface area contributed by atoms with Crippen LogP contribution in [0.5, 0.6) is 5.75 Å². The Kier molecular flexibility index (Phi) is 4.04. The predicted octanol–water partition coefficient (Wildman–Crippen LogP) is 3.91. The van der Waals surface area contributed by atoms with Gasteiger partial charge in [-0.2, -0.15) is 0 Å². The maximum atomic E-state index is 5.88. The predicted molar refractivity (Wildman–Crippen MR) is 79.1 cm³/mol. The zero-order chi connectivity index (χ0) is 13.3. The van der Waals surface area contributed by atoms with Gasteiger partial charge in [0, 0.05) is 14.9 Å². The van der Waals surface area contributed by atoms with Crippen molar-refractivity contribution in [1.82, 2.24) is 4.98 Å². The molecule has 2 N–H and O–H groups in total. The van der Waals surface area contributed by atoms with Crippen LogP contribution in [-0.2, 0) is 0 Å². The van der Waals surface area contributed by atoms with Crippen LogP contribution in [0, 0.1) is 6.92 Å². The molecule has 0 spiro atoms. The Balaban J connectivity index is 2.57. The summed E-state index contributed by atoms with van der Waals surface area (Å²) < 4.78 is 6.40. The highest BCUT2D eigenvalue weighted by Gasteiger charge is 2.16. The lowest BCUT2D eigenvalue weighted by Gasteiger charge is -2.07. The number of rotatable bonds is 3. The zero-order valence-corrected chi connectivity index (χ0v) is 12.9. The number of nitrogens with two attached hydrogens (primary N) is 1.